The van der Waals surface area contributed by atoms with E-state index in [1.807, 2.05) is 18.0 Å². The van der Waals surface area contributed by atoms with Crippen LogP contribution in [0.1, 0.15) is 25.0 Å². The Morgan fingerprint density at radius 2 is 1.75 bits per heavy atom. The van der Waals surface area contributed by atoms with Crippen molar-refractivity contribution >= 4 is 11.3 Å². The van der Waals surface area contributed by atoms with Crippen molar-refractivity contribution in [2.45, 2.75) is 32.1 Å². The predicted molar refractivity (Wildman–Crippen MR) is 117 cm³/mol. The Labute approximate surface area is 183 Å². The van der Waals surface area contributed by atoms with Gasteiger partial charge in [0.1, 0.15) is 5.82 Å². The van der Waals surface area contributed by atoms with E-state index >= 15 is 4.39 Å². The molecule has 0 radical (unpaired) electrons. The summed E-state index contributed by atoms with van der Waals surface area (Å²) in [6.45, 7) is 6.43. The summed E-state index contributed by atoms with van der Waals surface area (Å²) in [5, 5.41) is 3.12. The molecule has 1 N–H and O–H groups in total. The number of alkyl halides is 3. The van der Waals surface area contributed by atoms with Gasteiger partial charge in [-0.15, -0.1) is 0 Å². The number of benzene rings is 1. The summed E-state index contributed by atoms with van der Waals surface area (Å²) < 4.78 is 55.6. The molecule has 2 aliphatic rings. The number of halogens is 4. The van der Waals surface area contributed by atoms with Gasteiger partial charge in [0.25, 0.3) is 5.56 Å². The Hall–Kier alpha value is -2.65. The highest BCUT2D eigenvalue weighted by Crippen LogP contribution is 2.34. The zero-order chi connectivity index (χ0) is 23.2. The van der Waals surface area contributed by atoms with Crippen molar-refractivity contribution < 1.29 is 17.6 Å². The fourth-order valence-electron chi connectivity index (χ4n) is 4.38. The number of pyridine rings is 1. The van der Waals surface area contributed by atoms with Gasteiger partial charge in [0.05, 0.1) is 16.9 Å². The molecule has 0 unspecified atom stereocenters. The van der Waals surface area contributed by atoms with Crippen molar-refractivity contribution in [1.82, 2.24) is 14.8 Å². The van der Waals surface area contributed by atoms with Crippen LogP contribution in [-0.4, -0.2) is 54.8 Å². The van der Waals surface area contributed by atoms with Crippen LogP contribution in [0.5, 0.6) is 0 Å². The van der Waals surface area contributed by atoms with Gasteiger partial charge in [-0.2, -0.15) is 13.2 Å². The normalized spacial score (nSPS) is 22.3. The lowest BCUT2D eigenvalue weighted by Crippen LogP contribution is -2.55. The fourth-order valence-corrected chi connectivity index (χ4v) is 4.38. The van der Waals surface area contributed by atoms with Crippen LogP contribution in [0.4, 0.5) is 23.2 Å². The molecule has 0 bridgehead atoms. The van der Waals surface area contributed by atoms with E-state index in [-0.39, 0.29) is 12.1 Å². The minimum atomic E-state index is -4.61. The molecule has 3 heterocycles. The van der Waals surface area contributed by atoms with Gasteiger partial charge >= 0.3 is 6.18 Å². The van der Waals surface area contributed by atoms with Crippen molar-refractivity contribution in [3.63, 3.8) is 0 Å². The van der Waals surface area contributed by atoms with E-state index in [9.17, 15) is 18.0 Å². The summed E-state index contributed by atoms with van der Waals surface area (Å²) in [4.78, 5) is 17.0. The number of nitrogens with zero attached hydrogens (tertiary/aromatic N) is 3. The third-order valence-corrected chi connectivity index (χ3v) is 6.43. The van der Waals surface area contributed by atoms with E-state index in [1.165, 1.54) is 10.6 Å². The quantitative estimate of drug-likeness (QED) is 0.727. The van der Waals surface area contributed by atoms with Crippen molar-refractivity contribution in [3.8, 4) is 5.69 Å². The highest BCUT2D eigenvalue weighted by Gasteiger charge is 2.32. The van der Waals surface area contributed by atoms with E-state index in [1.54, 1.807) is 6.07 Å². The number of nitrogens with one attached hydrogen (secondary N) is 1. The molecule has 2 aromatic rings. The van der Waals surface area contributed by atoms with Crippen molar-refractivity contribution in [3.05, 3.63) is 63.8 Å². The van der Waals surface area contributed by atoms with E-state index in [0.29, 0.717) is 49.2 Å². The molecule has 0 spiro atoms. The molecule has 32 heavy (non-hydrogen) atoms. The maximum Gasteiger partial charge on any atom is 0.416 e. The predicted octanol–water partition coefficient (Wildman–Crippen LogP) is 3.51. The van der Waals surface area contributed by atoms with E-state index in [4.69, 9.17) is 0 Å². The Bertz CT molecular complexity index is 1100. The van der Waals surface area contributed by atoms with Gasteiger partial charge in [-0.25, -0.2) is 4.39 Å². The van der Waals surface area contributed by atoms with Crippen LogP contribution >= 0.6 is 0 Å². The number of aromatic nitrogens is 1. The van der Waals surface area contributed by atoms with Crippen LogP contribution in [0.15, 0.2) is 41.3 Å². The number of rotatable bonds is 3. The molecule has 1 saturated heterocycles. The minimum Gasteiger partial charge on any atom is -0.367 e. The maximum absolute atomic E-state index is 15.2. The minimum absolute atomic E-state index is 0.181. The first-order chi connectivity index (χ1) is 15.1. The summed E-state index contributed by atoms with van der Waals surface area (Å²) in [7, 11) is 2.02. The number of likely N-dealkylation sites (N-methyl/N-ethyl adjacent to an activating group) is 1. The Kier molecular flexibility index (Phi) is 5.89. The highest BCUT2D eigenvalue weighted by molar-refractivity contribution is 5.76. The third-order valence-electron chi connectivity index (χ3n) is 6.43. The van der Waals surface area contributed by atoms with Gasteiger partial charge in [-0.1, -0.05) is 6.08 Å². The topological polar surface area (TPSA) is 40.5 Å². The van der Waals surface area contributed by atoms with E-state index < -0.39 is 23.1 Å². The van der Waals surface area contributed by atoms with Gasteiger partial charge < -0.3 is 10.2 Å². The molecule has 0 amide bonds. The number of hydrogen-bond acceptors (Lipinski definition) is 4. The van der Waals surface area contributed by atoms with Crippen LogP contribution in [0.25, 0.3) is 11.3 Å². The Morgan fingerprint density at radius 3 is 2.31 bits per heavy atom. The van der Waals surface area contributed by atoms with Crippen LogP contribution in [-0.2, 0) is 6.18 Å². The molecule has 0 aliphatic carbocycles. The Balaban J connectivity index is 1.87. The lowest BCUT2D eigenvalue weighted by atomic mass is 10.0. The summed E-state index contributed by atoms with van der Waals surface area (Å²) in [5.74, 6) is -0.419. The van der Waals surface area contributed by atoms with Crippen molar-refractivity contribution in [1.29, 1.82) is 0 Å². The molecule has 1 aromatic carbocycles. The molecule has 1 aromatic heterocycles. The molecule has 4 rings (SSSR count). The molecule has 5 nitrogen and oxygen atoms in total. The highest BCUT2D eigenvalue weighted by atomic mass is 19.4. The zero-order valence-electron chi connectivity index (χ0n) is 18.2. The maximum atomic E-state index is 15.2. The van der Waals surface area contributed by atoms with E-state index in [2.05, 4.69) is 24.1 Å². The van der Waals surface area contributed by atoms with Crippen LogP contribution in [0.2, 0.25) is 0 Å². The second-order valence-electron chi connectivity index (χ2n) is 8.57. The summed E-state index contributed by atoms with van der Waals surface area (Å²) in [6.07, 6.45) is -1.62. The lowest BCUT2D eigenvalue weighted by molar-refractivity contribution is -0.137. The molecule has 9 heteroatoms. The van der Waals surface area contributed by atoms with Crippen LogP contribution in [0, 0.1) is 5.82 Å². The SMILES string of the molecule is C[C@@H]1CN(c2cc(F)c(C3=CCNC3)cc2-n2ccc(C(F)(F)F)cc2=O)C[C@H](C)N1C. The molecule has 1 fully saturated rings. The van der Waals surface area contributed by atoms with Crippen LogP contribution in [0.3, 0.4) is 0 Å². The molecule has 0 saturated carbocycles. The van der Waals surface area contributed by atoms with Crippen molar-refractivity contribution in [2.24, 2.45) is 0 Å². The average Bonchev–Trinajstić information content (AvgIpc) is 3.25. The van der Waals surface area contributed by atoms with Crippen molar-refractivity contribution in [2.75, 3.05) is 38.1 Å². The van der Waals surface area contributed by atoms with E-state index in [0.717, 1.165) is 17.8 Å². The average molecular weight is 450 g/mol. The number of hydrogen-bond donors (Lipinski definition) is 1. The first-order valence-corrected chi connectivity index (χ1v) is 10.6. The molecule has 172 valence electrons. The van der Waals surface area contributed by atoms with Gasteiger partial charge in [0.15, 0.2) is 0 Å². The van der Waals surface area contributed by atoms with Gasteiger partial charge in [-0.05, 0) is 44.7 Å². The van der Waals surface area contributed by atoms with Gasteiger partial charge in [0.2, 0.25) is 0 Å². The first-order valence-electron chi connectivity index (χ1n) is 10.6. The summed E-state index contributed by atoms with van der Waals surface area (Å²) >= 11 is 0. The second kappa shape index (κ2) is 8.37. The summed E-state index contributed by atoms with van der Waals surface area (Å²) in [5.41, 5.74) is 0.147. The zero-order valence-corrected chi connectivity index (χ0v) is 18.2. The first kappa shape index (κ1) is 22.5. The lowest BCUT2D eigenvalue weighted by Gasteiger charge is -2.44. The molecular weight excluding hydrogens is 424 g/mol. The molecule has 2 atom stereocenters. The molecular formula is C23H26F4N4O. The third kappa shape index (κ3) is 4.19. The van der Waals surface area contributed by atoms with Gasteiger partial charge in [-0.3, -0.25) is 14.3 Å². The molecule has 2 aliphatic heterocycles. The number of piperazine rings is 1. The number of anilines is 1. The monoisotopic (exact) mass is 450 g/mol. The summed E-state index contributed by atoms with van der Waals surface area (Å²) in [6, 6.07) is 4.80. The smallest absolute Gasteiger partial charge is 0.367 e. The van der Waals surface area contributed by atoms with Crippen LogP contribution < -0.4 is 15.8 Å². The fraction of sp³-hybridized carbons (Fsp3) is 0.435. The largest absolute Gasteiger partial charge is 0.416 e. The van der Waals surface area contributed by atoms with Gasteiger partial charge in [0, 0.05) is 56.1 Å². The Morgan fingerprint density at radius 1 is 1.06 bits per heavy atom. The second-order valence-corrected chi connectivity index (χ2v) is 8.57. The standard InChI is InChI=1S/C23H26F4N4O/c1-14-12-30(13-15(2)29(14)3)20-10-19(24)18(16-4-6-28-11-16)9-21(20)31-7-5-17(8-22(31)32)23(25,26)27/h4-5,7-10,14-15,28H,6,11-13H2,1-3H3/t14-,15+.